The summed E-state index contributed by atoms with van der Waals surface area (Å²) in [4.78, 5) is 13.1. The van der Waals surface area contributed by atoms with Crippen molar-refractivity contribution in [1.29, 1.82) is 0 Å². The highest BCUT2D eigenvalue weighted by atomic mass is 35.5. The van der Waals surface area contributed by atoms with E-state index in [2.05, 4.69) is 5.32 Å². The SMILES string of the molecule is COc1cc(NC(=O)CN(Cc2ccc(C)cc2)S(=O)(=O)c2ccc(C)cc2)c(OC)cc1Cl. The number of aryl methyl sites for hydroxylation is 2. The molecule has 34 heavy (non-hydrogen) atoms. The predicted molar refractivity (Wildman–Crippen MR) is 133 cm³/mol. The maximum Gasteiger partial charge on any atom is 0.243 e. The Balaban J connectivity index is 1.91. The first kappa shape index (κ1) is 25.6. The van der Waals surface area contributed by atoms with E-state index < -0.39 is 22.5 Å². The molecule has 0 aromatic heterocycles. The van der Waals surface area contributed by atoms with E-state index in [9.17, 15) is 13.2 Å². The molecule has 0 saturated carbocycles. The van der Waals surface area contributed by atoms with Gasteiger partial charge in [0.2, 0.25) is 15.9 Å². The average molecular weight is 503 g/mol. The van der Waals surface area contributed by atoms with Crippen molar-refractivity contribution in [2.24, 2.45) is 0 Å². The standard InChI is InChI=1S/C25H27ClN2O5S/c1-17-5-9-19(10-6-17)15-28(34(30,31)20-11-7-18(2)8-12-20)16-25(29)27-22-14-23(32-3)21(26)13-24(22)33-4/h5-14H,15-16H2,1-4H3,(H,27,29). The van der Waals surface area contributed by atoms with Crippen LogP contribution in [0.2, 0.25) is 5.02 Å². The van der Waals surface area contributed by atoms with Crippen LogP contribution >= 0.6 is 11.6 Å². The van der Waals surface area contributed by atoms with Crippen molar-refractivity contribution >= 4 is 33.2 Å². The van der Waals surface area contributed by atoms with Crippen molar-refractivity contribution in [2.45, 2.75) is 25.3 Å². The van der Waals surface area contributed by atoms with Gasteiger partial charge in [-0.2, -0.15) is 4.31 Å². The highest BCUT2D eigenvalue weighted by Crippen LogP contribution is 2.36. The Kier molecular flexibility index (Phi) is 8.19. The van der Waals surface area contributed by atoms with Crippen molar-refractivity contribution in [3.8, 4) is 11.5 Å². The molecular weight excluding hydrogens is 476 g/mol. The maximum absolute atomic E-state index is 13.5. The molecule has 7 nitrogen and oxygen atoms in total. The van der Waals surface area contributed by atoms with Crippen LogP contribution in [-0.2, 0) is 21.4 Å². The molecule has 0 atom stereocenters. The molecule has 3 aromatic rings. The Morgan fingerprint density at radius 3 is 2.03 bits per heavy atom. The number of hydrogen-bond donors (Lipinski definition) is 1. The molecule has 0 aliphatic carbocycles. The summed E-state index contributed by atoms with van der Waals surface area (Å²) in [5.41, 5.74) is 3.07. The highest BCUT2D eigenvalue weighted by molar-refractivity contribution is 7.89. The van der Waals surface area contributed by atoms with Crippen LogP contribution in [0.5, 0.6) is 11.5 Å². The van der Waals surface area contributed by atoms with Gasteiger partial charge in [0.05, 0.1) is 36.4 Å². The molecular formula is C25H27ClN2O5S. The Bertz CT molecular complexity index is 1260. The minimum absolute atomic E-state index is 0.0327. The molecule has 0 fully saturated rings. The van der Waals surface area contributed by atoms with E-state index in [1.807, 2.05) is 38.1 Å². The number of sulfonamides is 1. The molecule has 9 heteroatoms. The van der Waals surface area contributed by atoms with Gasteiger partial charge in [-0.05, 0) is 31.5 Å². The van der Waals surface area contributed by atoms with Crippen LogP contribution in [-0.4, -0.2) is 39.4 Å². The first-order chi connectivity index (χ1) is 16.1. The van der Waals surface area contributed by atoms with Crippen molar-refractivity contribution in [2.75, 3.05) is 26.1 Å². The number of carbonyl (C=O) groups excluding carboxylic acids is 1. The minimum atomic E-state index is -3.95. The van der Waals surface area contributed by atoms with Crippen LogP contribution in [0.1, 0.15) is 16.7 Å². The second kappa shape index (κ2) is 10.9. The van der Waals surface area contributed by atoms with Gasteiger partial charge >= 0.3 is 0 Å². The third-order valence-corrected chi connectivity index (χ3v) is 7.31. The lowest BCUT2D eigenvalue weighted by atomic mass is 10.1. The van der Waals surface area contributed by atoms with E-state index in [0.717, 1.165) is 21.0 Å². The molecule has 0 bridgehead atoms. The number of nitrogens with one attached hydrogen (secondary N) is 1. The van der Waals surface area contributed by atoms with E-state index in [1.54, 1.807) is 12.1 Å². The molecule has 0 radical (unpaired) electrons. The van der Waals surface area contributed by atoms with Gasteiger partial charge in [0.1, 0.15) is 11.5 Å². The third kappa shape index (κ3) is 6.08. The summed E-state index contributed by atoms with van der Waals surface area (Å²) in [5.74, 6) is 0.137. The fourth-order valence-electron chi connectivity index (χ4n) is 3.29. The topological polar surface area (TPSA) is 84.9 Å². The summed E-state index contributed by atoms with van der Waals surface area (Å²) in [5, 5.41) is 3.03. The Hall–Kier alpha value is -3.07. The molecule has 3 aromatic carbocycles. The molecule has 1 amide bonds. The number of hydrogen-bond acceptors (Lipinski definition) is 5. The zero-order chi connectivity index (χ0) is 24.9. The Morgan fingerprint density at radius 2 is 1.47 bits per heavy atom. The van der Waals surface area contributed by atoms with Gasteiger partial charge in [0, 0.05) is 18.7 Å². The Morgan fingerprint density at radius 1 is 0.912 bits per heavy atom. The number of methoxy groups -OCH3 is 2. The zero-order valence-corrected chi connectivity index (χ0v) is 21.0. The fraction of sp³-hybridized carbons (Fsp3) is 0.240. The first-order valence-corrected chi connectivity index (χ1v) is 12.3. The van der Waals surface area contributed by atoms with E-state index in [1.165, 1.54) is 38.5 Å². The van der Waals surface area contributed by atoms with Crippen molar-refractivity contribution in [3.05, 3.63) is 82.4 Å². The summed E-state index contributed by atoms with van der Waals surface area (Å²) in [6.07, 6.45) is 0. The average Bonchev–Trinajstić information content (AvgIpc) is 2.81. The lowest BCUT2D eigenvalue weighted by molar-refractivity contribution is -0.116. The molecule has 3 rings (SSSR count). The molecule has 0 saturated heterocycles. The minimum Gasteiger partial charge on any atom is -0.495 e. The van der Waals surface area contributed by atoms with E-state index >= 15 is 0 Å². The van der Waals surface area contributed by atoms with Gasteiger partial charge in [0.15, 0.2) is 0 Å². The number of benzene rings is 3. The Labute approximate surface area is 205 Å². The van der Waals surface area contributed by atoms with Crippen molar-refractivity contribution in [3.63, 3.8) is 0 Å². The molecule has 0 aliphatic heterocycles. The second-order valence-electron chi connectivity index (χ2n) is 7.81. The fourth-order valence-corrected chi connectivity index (χ4v) is 4.91. The second-order valence-corrected chi connectivity index (χ2v) is 10.2. The summed E-state index contributed by atoms with van der Waals surface area (Å²) in [6.45, 7) is 3.46. The molecule has 0 spiro atoms. The zero-order valence-electron chi connectivity index (χ0n) is 19.5. The van der Waals surface area contributed by atoms with Gasteiger partial charge < -0.3 is 14.8 Å². The normalized spacial score (nSPS) is 11.4. The van der Waals surface area contributed by atoms with Gasteiger partial charge in [0.25, 0.3) is 0 Å². The molecule has 0 heterocycles. The summed E-state index contributed by atoms with van der Waals surface area (Å²) in [6, 6.07) is 17.1. The first-order valence-electron chi connectivity index (χ1n) is 10.5. The smallest absolute Gasteiger partial charge is 0.243 e. The van der Waals surface area contributed by atoms with Crippen LogP contribution in [0.3, 0.4) is 0 Å². The van der Waals surface area contributed by atoms with Gasteiger partial charge in [-0.1, -0.05) is 59.1 Å². The molecule has 1 N–H and O–H groups in total. The van der Waals surface area contributed by atoms with Crippen molar-refractivity contribution in [1.82, 2.24) is 4.31 Å². The predicted octanol–water partition coefficient (Wildman–Crippen LogP) is 4.80. The van der Waals surface area contributed by atoms with Gasteiger partial charge in [-0.15, -0.1) is 0 Å². The van der Waals surface area contributed by atoms with E-state index in [4.69, 9.17) is 21.1 Å². The summed E-state index contributed by atoms with van der Waals surface area (Å²) >= 11 is 6.14. The van der Waals surface area contributed by atoms with Crippen LogP contribution in [0.25, 0.3) is 0 Å². The number of carbonyl (C=O) groups is 1. The number of ether oxygens (including phenoxy) is 2. The number of rotatable bonds is 9. The van der Waals surface area contributed by atoms with Crippen LogP contribution in [0, 0.1) is 13.8 Å². The number of amides is 1. The number of anilines is 1. The van der Waals surface area contributed by atoms with E-state index in [0.29, 0.717) is 22.2 Å². The van der Waals surface area contributed by atoms with Gasteiger partial charge in [-0.25, -0.2) is 8.42 Å². The van der Waals surface area contributed by atoms with Crippen molar-refractivity contribution < 1.29 is 22.7 Å². The summed E-state index contributed by atoms with van der Waals surface area (Å²) < 4.78 is 38.6. The van der Waals surface area contributed by atoms with Gasteiger partial charge in [-0.3, -0.25) is 4.79 Å². The summed E-state index contributed by atoms with van der Waals surface area (Å²) in [7, 11) is -1.05. The number of nitrogens with zero attached hydrogens (tertiary/aromatic N) is 1. The maximum atomic E-state index is 13.5. The van der Waals surface area contributed by atoms with Crippen LogP contribution in [0.4, 0.5) is 5.69 Å². The number of halogens is 1. The monoisotopic (exact) mass is 502 g/mol. The van der Waals surface area contributed by atoms with E-state index in [-0.39, 0.29) is 11.4 Å². The van der Waals surface area contributed by atoms with Crippen LogP contribution in [0.15, 0.2) is 65.6 Å². The lowest BCUT2D eigenvalue weighted by Gasteiger charge is -2.22. The quantitative estimate of drug-likeness (QED) is 0.454. The third-order valence-electron chi connectivity index (χ3n) is 5.21. The molecule has 0 unspecified atom stereocenters. The molecule has 0 aliphatic rings. The largest absolute Gasteiger partial charge is 0.495 e. The lowest BCUT2D eigenvalue weighted by Crippen LogP contribution is -2.37. The molecule has 180 valence electrons. The highest BCUT2D eigenvalue weighted by Gasteiger charge is 2.27. The van der Waals surface area contributed by atoms with Crippen LogP contribution < -0.4 is 14.8 Å².